The molecule has 0 amide bonds. The minimum atomic E-state index is 0.811. The molecule has 0 aliphatic carbocycles. The SMILES string of the molecule is NCC1CCCN2CCC[C@H]12. The van der Waals surface area contributed by atoms with E-state index in [1.54, 1.807) is 0 Å². The van der Waals surface area contributed by atoms with E-state index in [4.69, 9.17) is 5.73 Å². The lowest BCUT2D eigenvalue weighted by molar-refractivity contribution is 0.138. The predicted molar refractivity (Wildman–Crippen MR) is 46.4 cm³/mol. The Kier molecular flexibility index (Phi) is 2.14. The molecule has 0 bridgehead atoms. The van der Waals surface area contributed by atoms with Gasteiger partial charge in [-0.15, -0.1) is 0 Å². The van der Waals surface area contributed by atoms with Gasteiger partial charge in [0.25, 0.3) is 0 Å². The smallest absolute Gasteiger partial charge is 0.0136 e. The van der Waals surface area contributed by atoms with Crippen LogP contribution in [0.25, 0.3) is 0 Å². The van der Waals surface area contributed by atoms with Crippen LogP contribution < -0.4 is 5.73 Å². The fraction of sp³-hybridized carbons (Fsp3) is 1.00. The van der Waals surface area contributed by atoms with Crippen LogP contribution in [-0.2, 0) is 0 Å². The van der Waals surface area contributed by atoms with Gasteiger partial charge >= 0.3 is 0 Å². The number of hydrogen-bond donors (Lipinski definition) is 1. The molecule has 64 valence electrons. The molecule has 0 aromatic rings. The van der Waals surface area contributed by atoms with Gasteiger partial charge in [0.2, 0.25) is 0 Å². The van der Waals surface area contributed by atoms with Crippen LogP contribution in [0.4, 0.5) is 0 Å². The van der Waals surface area contributed by atoms with Crippen LogP contribution in [0.1, 0.15) is 25.7 Å². The first-order chi connectivity index (χ1) is 5.42. The quantitative estimate of drug-likeness (QED) is 0.606. The summed E-state index contributed by atoms with van der Waals surface area (Å²) in [6.45, 7) is 3.57. The molecule has 2 heterocycles. The van der Waals surface area contributed by atoms with Crippen molar-refractivity contribution in [2.45, 2.75) is 31.7 Å². The Balaban J connectivity index is 2.00. The van der Waals surface area contributed by atoms with Crippen molar-refractivity contribution >= 4 is 0 Å². The summed E-state index contributed by atoms with van der Waals surface area (Å²) in [4.78, 5) is 2.64. The van der Waals surface area contributed by atoms with Gasteiger partial charge in [0.05, 0.1) is 0 Å². The maximum atomic E-state index is 5.73. The van der Waals surface area contributed by atoms with Gasteiger partial charge in [-0.25, -0.2) is 0 Å². The second-order valence-electron chi connectivity index (χ2n) is 3.88. The first-order valence-electron chi connectivity index (χ1n) is 4.86. The van der Waals surface area contributed by atoms with Gasteiger partial charge in [-0.2, -0.15) is 0 Å². The van der Waals surface area contributed by atoms with Gasteiger partial charge in [-0.3, -0.25) is 0 Å². The van der Waals surface area contributed by atoms with E-state index in [0.717, 1.165) is 18.5 Å². The van der Waals surface area contributed by atoms with Crippen molar-refractivity contribution in [1.82, 2.24) is 4.90 Å². The number of fused-ring (bicyclic) bond motifs is 1. The molecule has 0 saturated carbocycles. The Morgan fingerprint density at radius 2 is 1.91 bits per heavy atom. The third kappa shape index (κ3) is 1.30. The second kappa shape index (κ2) is 3.11. The molecule has 0 radical (unpaired) electrons. The largest absolute Gasteiger partial charge is 0.330 e. The molecule has 2 fully saturated rings. The molecular weight excluding hydrogens is 136 g/mol. The zero-order valence-corrected chi connectivity index (χ0v) is 7.13. The molecule has 2 aliphatic rings. The molecule has 11 heavy (non-hydrogen) atoms. The number of nitrogens with two attached hydrogens (primary N) is 1. The highest BCUT2D eigenvalue weighted by Gasteiger charge is 2.33. The summed E-state index contributed by atoms with van der Waals surface area (Å²) in [5, 5.41) is 0. The minimum Gasteiger partial charge on any atom is -0.330 e. The van der Waals surface area contributed by atoms with Crippen molar-refractivity contribution in [2.24, 2.45) is 11.7 Å². The zero-order chi connectivity index (χ0) is 7.68. The summed E-state index contributed by atoms with van der Waals surface area (Å²) in [7, 11) is 0. The van der Waals surface area contributed by atoms with E-state index in [9.17, 15) is 0 Å². The van der Waals surface area contributed by atoms with E-state index in [1.807, 2.05) is 0 Å². The summed E-state index contributed by atoms with van der Waals surface area (Å²) < 4.78 is 0. The maximum absolute atomic E-state index is 5.73. The normalized spacial score (nSPS) is 39.0. The molecule has 2 rings (SSSR count). The predicted octanol–water partition coefficient (Wildman–Crippen LogP) is 0.819. The van der Waals surface area contributed by atoms with Crippen LogP contribution in [0, 0.1) is 5.92 Å². The van der Waals surface area contributed by atoms with E-state index < -0.39 is 0 Å². The molecule has 2 saturated heterocycles. The van der Waals surface area contributed by atoms with Crippen LogP contribution in [0.3, 0.4) is 0 Å². The van der Waals surface area contributed by atoms with E-state index in [1.165, 1.54) is 38.8 Å². The lowest BCUT2D eigenvalue weighted by Gasteiger charge is -2.35. The number of piperidine rings is 1. The van der Waals surface area contributed by atoms with Gasteiger partial charge in [0.1, 0.15) is 0 Å². The average Bonchev–Trinajstić information content (AvgIpc) is 2.50. The van der Waals surface area contributed by atoms with Crippen molar-refractivity contribution < 1.29 is 0 Å². The molecule has 2 atom stereocenters. The summed E-state index contributed by atoms with van der Waals surface area (Å²) in [5.41, 5.74) is 5.73. The highest BCUT2D eigenvalue weighted by atomic mass is 15.2. The topological polar surface area (TPSA) is 29.3 Å². The summed E-state index contributed by atoms with van der Waals surface area (Å²) >= 11 is 0. The molecule has 0 aromatic carbocycles. The summed E-state index contributed by atoms with van der Waals surface area (Å²) in [6, 6.07) is 0.855. The zero-order valence-electron chi connectivity index (χ0n) is 7.13. The third-order valence-electron chi connectivity index (χ3n) is 3.28. The highest BCUT2D eigenvalue weighted by Crippen LogP contribution is 2.30. The molecule has 2 heteroatoms. The first kappa shape index (κ1) is 7.56. The standard InChI is InChI=1S/C9H18N2/c10-7-8-3-1-5-11-6-2-4-9(8)11/h8-9H,1-7,10H2/t8?,9-/m1/s1. The highest BCUT2D eigenvalue weighted by molar-refractivity contribution is 4.88. The van der Waals surface area contributed by atoms with E-state index in [2.05, 4.69) is 4.90 Å². The Labute approximate surface area is 68.7 Å². The van der Waals surface area contributed by atoms with Crippen molar-refractivity contribution in [3.05, 3.63) is 0 Å². The number of rotatable bonds is 1. The third-order valence-corrected chi connectivity index (χ3v) is 3.28. The van der Waals surface area contributed by atoms with Crippen LogP contribution in [0.5, 0.6) is 0 Å². The number of nitrogens with zero attached hydrogens (tertiary/aromatic N) is 1. The maximum Gasteiger partial charge on any atom is 0.0136 e. The van der Waals surface area contributed by atoms with Crippen molar-refractivity contribution in [2.75, 3.05) is 19.6 Å². The fourth-order valence-electron chi connectivity index (χ4n) is 2.69. The molecule has 2 nitrogen and oxygen atoms in total. The van der Waals surface area contributed by atoms with Crippen molar-refractivity contribution in [3.63, 3.8) is 0 Å². The van der Waals surface area contributed by atoms with Gasteiger partial charge in [-0.1, -0.05) is 0 Å². The minimum absolute atomic E-state index is 0.811. The van der Waals surface area contributed by atoms with Crippen LogP contribution >= 0.6 is 0 Å². The molecule has 0 aromatic heterocycles. The lowest BCUT2D eigenvalue weighted by atomic mass is 9.89. The average molecular weight is 154 g/mol. The molecule has 0 spiro atoms. The molecule has 1 unspecified atom stereocenters. The molecule has 2 N–H and O–H groups in total. The first-order valence-corrected chi connectivity index (χ1v) is 4.86. The van der Waals surface area contributed by atoms with E-state index in [-0.39, 0.29) is 0 Å². The van der Waals surface area contributed by atoms with Crippen molar-refractivity contribution in [3.8, 4) is 0 Å². The van der Waals surface area contributed by atoms with Gasteiger partial charge < -0.3 is 10.6 Å². The molecular formula is C9H18N2. The van der Waals surface area contributed by atoms with Gasteiger partial charge in [0.15, 0.2) is 0 Å². The monoisotopic (exact) mass is 154 g/mol. The summed E-state index contributed by atoms with van der Waals surface area (Å²) in [6.07, 6.45) is 5.55. The Bertz CT molecular complexity index is 136. The Morgan fingerprint density at radius 1 is 1.18 bits per heavy atom. The number of hydrogen-bond acceptors (Lipinski definition) is 2. The van der Waals surface area contributed by atoms with Gasteiger partial charge in [-0.05, 0) is 51.2 Å². The second-order valence-corrected chi connectivity index (χ2v) is 3.88. The van der Waals surface area contributed by atoms with E-state index >= 15 is 0 Å². The summed E-state index contributed by atoms with van der Waals surface area (Å²) in [5.74, 6) is 0.811. The lowest BCUT2D eigenvalue weighted by Crippen LogP contribution is -2.43. The van der Waals surface area contributed by atoms with E-state index in [0.29, 0.717) is 0 Å². The Morgan fingerprint density at radius 3 is 2.64 bits per heavy atom. The van der Waals surface area contributed by atoms with Gasteiger partial charge in [0, 0.05) is 6.04 Å². The molecule has 2 aliphatic heterocycles. The van der Waals surface area contributed by atoms with Crippen LogP contribution in [-0.4, -0.2) is 30.6 Å². The van der Waals surface area contributed by atoms with Crippen molar-refractivity contribution in [1.29, 1.82) is 0 Å². The van der Waals surface area contributed by atoms with Crippen LogP contribution in [0.2, 0.25) is 0 Å². The Hall–Kier alpha value is -0.0800. The van der Waals surface area contributed by atoms with Crippen LogP contribution in [0.15, 0.2) is 0 Å². The fourth-order valence-corrected chi connectivity index (χ4v) is 2.69.